The van der Waals surface area contributed by atoms with Gasteiger partial charge in [0.15, 0.2) is 0 Å². The van der Waals surface area contributed by atoms with E-state index in [1.807, 2.05) is 36.4 Å². The van der Waals surface area contributed by atoms with Crippen LogP contribution in [0, 0.1) is 0 Å². The highest BCUT2D eigenvalue weighted by molar-refractivity contribution is 9.10. The maximum absolute atomic E-state index is 12.3. The first-order valence-corrected chi connectivity index (χ1v) is 17.9. The zero-order valence-corrected chi connectivity index (χ0v) is 27.3. The van der Waals surface area contributed by atoms with Crippen molar-refractivity contribution in [3.63, 3.8) is 0 Å². The second-order valence-corrected chi connectivity index (χ2v) is 14.3. The molecule has 42 heavy (non-hydrogen) atoms. The Morgan fingerprint density at radius 3 is 2.17 bits per heavy atom. The van der Waals surface area contributed by atoms with Gasteiger partial charge in [-0.3, -0.25) is 8.37 Å². The molecule has 14 heteroatoms. The van der Waals surface area contributed by atoms with Crippen molar-refractivity contribution in [2.45, 2.75) is 76.0 Å². The molecule has 1 aliphatic heterocycles. The summed E-state index contributed by atoms with van der Waals surface area (Å²) in [7, 11) is -6.15. The lowest BCUT2D eigenvalue weighted by Gasteiger charge is -2.29. The van der Waals surface area contributed by atoms with Gasteiger partial charge in [-0.2, -0.15) is 16.8 Å². The van der Waals surface area contributed by atoms with Gasteiger partial charge in [0.1, 0.15) is 18.0 Å². The minimum Gasteiger partial charge on any atom is -0.497 e. The van der Waals surface area contributed by atoms with Crippen molar-refractivity contribution in [2.75, 3.05) is 26.2 Å². The molecule has 2 aromatic carbocycles. The molecule has 0 amide bonds. The molecule has 2 aromatic rings. The molecule has 0 unspecified atom stereocenters. The van der Waals surface area contributed by atoms with Crippen LogP contribution in [0.5, 0.6) is 5.75 Å². The number of hydrogen-bond acceptors (Lipinski definition) is 11. The van der Waals surface area contributed by atoms with Crippen molar-refractivity contribution >= 4 is 36.2 Å². The molecule has 0 bridgehead atoms. The highest BCUT2D eigenvalue weighted by atomic mass is 79.9. The topological polar surface area (TPSA) is 144 Å². The Morgan fingerprint density at radius 2 is 1.60 bits per heavy atom. The zero-order chi connectivity index (χ0) is 30.9. The number of aliphatic hydroxyl groups excluding tert-OH is 1. The normalized spacial score (nSPS) is 21.6. The fourth-order valence-corrected chi connectivity index (χ4v) is 5.81. The quantitative estimate of drug-likeness (QED) is 0.243. The van der Waals surface area contributed by atoms with Crippen molar-refractivity contribution in [3.8, 4) is 5.75 Å². The Bertz CT molecular complexity index is 1320. The van der Waals surface area contributed by atoms with Crippen LogP contribution in [0.25, 0.3) is 0 Å². The minimum absolute atomic E-state index is 0.0119. The molecule has 1 heterocycles. The number of methoxy groups -OCH3 is 1. The van der Waals surface area contributed by atoms with Crippen LogP contribution in [0.1, 0.15) is 37.3 Å². The van der Waals surface area contributed by atoms with Crippen LogP contribution in [0.15, 0.2) is 53.0 Å². The summed E-state index contributed by atoms with van der Waals surface area (Å²) < 4.78 is 82.8. The maximum Gasteiger partial charge on any atom is 0.264 e. The van der Waals surface area contributed by atoms with Crippen LogP contribution in [0.2, 0.25) is 0 Å². The van der Waals surface area contributed by atoms with Gasteiger partial charge in [-0.15, -0.1) is 0 Å². The monoisotopic (exact) mass is 694 g/mol. The molecule has 0 aromatic heterocycles. The maximum atomic E-state index is 12.3. The fourth-order valence-electron chi connectivity index (χ4n) is 4.52. The third-order valence-electron chi connectivity index (χ3n) is 6.70. The van der Waals surface area contributed by atoms with Crippen LogP contribution in [-0.4, -0.2) is 84.8 Å². The number of halogens is 1. The molecule has 1 N–H and O–H groups in total. The van der Waals surface area contributed by atoms with Crippen LogP contribution in [0.4, 0.5) is 0 Å². The second-order valence-electron chi connectivity index (χ2n) is 10.2. The SMILES string of the molecule is CC[C@@H](O)[C@H](C[C@H](OS(C)(=O)=O)[C@@H]1C[C@H](OCc2ccc(Br)cc2)[C@H](COS(C)(=O)=O)O1)OCc1ccc(OC)cc1. The summed E-state index contributed by atoms with van der Waals surface area (Å²) >= 11 is 3.39. The van der Waals surface area contributed by atoms with E-state index in [4.69, 9.17) is 27.3 Å². The Morgan fingerprint density at radius 1 is 0.976 bits per heavy atom. The summed E-state index contributed by atoms with van der Waals surface area (Å²) in [6.07, 6.45) is -2.61. The molecule has 0 radical (unpaired) electrons. The van der Waals surface area contributed by atoms with Crippen molar-refractivity contribution in [1.29, 1.82) is 0 Å². The summed E-state index contributed by atoms with van der Waals surface area (Å²) in [6.45, 7) is 1.84. The van der Waals surface area contributed by atoms with Gasteiger partial charge >= 0.3 is 0 Å². The van der Waals surface area contributed by atoms with E-state index < -0.39 is 56.9 Å². The smallest absolute Gasteiger partial charge is 0.264 e. The Kier molecular flexibility index (Phi) is 13.2. The first-order valence-electron chi connectivity index (χ1n) is 13.4. The Labute approximate surface area is 256 Å². The molecular formula is C28H39BrO11S2. The molecular weight excluding hydrogens is 656 g/mol. The predicted molar refractivity (Wildman–Crippen MR) is 159 cm³/mol. The average molecular weight is 696 g/mol. The number of rotatable bonds is 17. The summed E-state index contributed by atoms with van der Waals surface area (Å²) in [5, 5.41) is 10.8. The number of benzene rings is 2. The van der Waals surface area contributed by atoms with E-state index in [2.05, 4.69) is 15.9 Å². The largest absolute Gasteiger partial charge is 0.497 e. The lowest BCUT2D eigenvalue weighted by molar-refractivity contribution is -0.0961. The molecule has 3 rings (SSSR count). The highest BCUT2D eigenvalue weighted by Crippen LogP contribution is 2.32. The van der Waals surface area contributed by atoms with Crippen LogP contribution in [0.3, 0.4) is 0 Å². The van der Waals surface area contributed by atoms with E-state index in [0.717, 1.165) is 28.1 Å². The molecule has 6 atom stereocenters. The zero-order valence-electron chi connectivity index (χ0n) is 24.0. The van der Waals surface area contributed by atoms with Gasteiger partial charge in [0.25, 0.3) is 20.2 Å². The van der Waals surface area contributed by atoms with Crippen molar-refractivity contribution in [3.05, 3.63) is 64.1 Å². The molecule has 1 saturated heterocycles. The van der Waals surface area contributed by atoms with Crippen LogP contribution < -0.4 is 4.74 Å². The number of ether oxygens (including phenoxy) is 4. The summed E-state index contributed by atoms with van der Waals surface area (Å²) in [5.74, 6) is 0.690. The van der Waals surface area contributed by atoms with E-state index in [-0.39, 0.29) is 32.7 Å². The van der Waals surface area contributed by atoms with Gasteiger partial charge in [0, 0.05) is 17.3 Å². The third kappa shape index (κ3) is 11.8. The van der Waals surface area contributed by atoms with Crippen LogP contribution >= 0.6 is 15.9 Å². The molecule has 0 aliphatic carbocycles. The van der Waals surface area contributed by atoms with Crippen molar-refractivity contribution < 1.29 is 49.3 Å². The highest BCUT2D eigenvalue weighted by Gasteiger charge is 2.43. The lowest BCUT2D eigenvalue weighted by atomic mass is 9.98. The Hall–Kier alpha value is -1.62. The standard InChI is InChI=1S/C28H39BrO11S2/c1-5-23(30)24(36-16-20-8-12-22(35-2)13-9-20)14-27(40-42(4,33)34)26-15-25(28(39-26)18-38-41(3,31)32)37-17-19-6-10-21(29)11-7-19/h6-13,23-28,30H,5,14-18H2,1-4H3/t23-,24+,25+,26+,27+,28+/m1/s1. The van der Waals surface area contributed by atoms with Gasteiger partial charge in [-0.05, 0) is 41.8 Å². The lowest BCUT2D eigenvalue weighted by Crippen LogP contribution is -2.39. The molecule has 11 nitrogen and oxygen atoms in total. The van der Waals surface area contributed by atoms with Gasteiger partial charge < -0.3 is 24.1 Å². The second kappa shape index (κ2) is 15.9. The molecule has 236 valence electrons. The van der Waals surface area contributed by atoms with Gasteiger partial charge in [-0.1, -0.05) is 47.1 Å². The average Bonchev–Trinajstić information content (AvgIpc) is 3.35. The number of aliphatic hydroxyl groups is 1. The fraction of sp³-hybridized carbons (Fsp3) is 0.571. The molecule has 0 saturated carbocycles. The summed E-state index contributed by atoms with van der Waals surface area (Å²) in [6, 6.07) is 14.8. The first kappa shape index (κ1) is 34.9. The first-order chi connectivity index (χ1) is 19.8. The molecule has 0 spiro atoms. The minimum atomic E-state index is -3.95. The van der Waals surface area contributed by atoms with E-state index in [1.165, 1.54) is 0 Å². The van der Waals surface area contributed by atoms with Gasteiger partial charge in [0.05, 0.1) is 63.9 Å². The summed E-state index contributed by atoms with van der Waals surface area (Å²) in [4.78, 5) is 0. The van der Waals surface area contributed by atoms with E-state index >= 15 is 0 Å². The summed E-state index contributed by atoms with van der Waals surface area (Å²) in [5.41, 5.74) is 1.72. The number of hydrogen-bond donors (Lipinski definition) is 1. The van der Waals surface area contributed by atoms with Crippen molar-refractivity contribution in [2.24, 2.45) is 0 Å². The predicted octanol–water partition coefficient (Wildman–Crippen LogP) is 3.57. The molecule has 1 fully saturated rings. The third-order valence-corrected chi connectivity index (χ3v) is 8.39. The van der Waals surface area contributed by atoms with E-state index in [9.17, 15) is 21.9 Å². The van der Waals surface area contributed by atoms with Gasteiger partial charge in [0.2, 0.25) is 0 Å². The van der Waals surface area contributed by atoms with Crippen molar-refractivity contribution in [1.82, 2.24) is 0 Å². The Balaban J connectivity index is 1.78. The van der Waals surface area contributed by atoms with E-state index in [1.54, 1.807) is 26.2 Å². The van der Waals surface area contributed by atoms with Crippen LogP contribution in [-0.2, 0) is 56.0 Å². The van der Waals surface area contributed by atoms with Gasteiger partial charge in [-0.25, -0.2) is 0 Å². The molecule has 1 aliphatic rings. The van der Waals surface area contributed by atoms with E-state index in [0.29, 0.717) is 12.2 Å².